The van der Waals surface area contributed by atoms with Crippen molar-refractivity contribution in [2.45, 2.75) is 18.9 Å². The number of rotatable bonds is 4. The second-order valence-electron chi connectivity index (χ2n) is 4.98. The molecule has 3 nitrogen and oxygen atoms in total. The van der Waals surface area contributed by atoms with Gasteiger partial charge in [0.1, 0.15) is 17.5 Å². The summed E-state index contributed by atoms with van der Waals surface area (Å²) in [5.74, 6) is 0.766. The Kier molecular flexibility index (Phi) is 7.97. The normalized spacial score (nSPS) is 16.5. The average Bonchev–Trinajstić information content (AvgIpc) is 3.01. The van der Waals surface area contributed by atoms with Crippen LogP contribution in [0.4, 0.5) is 0 Å². The second-order valence-corrected chi connectivity index (χ2v) is 5.34. The molecule has 1 fully saturated rings. The maximum Gasteiger partial charge on any atom is 0.138 e. The molecular formula is C16H19Cl3N2O. The van der Waals surface area contributed by atoms with Gasteiger partial charge >= 0.3 is 0 Å². The number of hydrogen-bond acceptors (Lipinski definition) is 3. The number of benzene rings is 1. The molecule has 0 radical (unpaired) electrons. The monoisotopic (exact) mass is 360 g/mol. The van der Waals surface area contributed by atoms with Crippen LogP contribution in [0.5, 0.6) is 5.75 Å². The van der Waals surface area contributed by atoms with E-state index in [1.165, 1.54) is 12.8 Å². The number of nitrogens with zero attached hydrogens (tertiary/aromatic N) is 1. The van der Waals surface area contributed by atoms with E-state index in [9.17, 15) is 0 Å². The molecule has 0 aliphatic carbocycles. The predicted molar refractivity (Wildman–Crippen MR) is 95.7 cm³/mol. The summed E-state index contributed by atoms with van der Waals surface area (Å²) in [5, 5.41) is 3.92. The molecule has 1 atom stereocenters. The molecule has 2 heterocycles. The number of pyridine rings is 1. The summed E-state index contributed by atoms with van der Waals surface area (Å²) in [6, 6.07) is 12.4. The minimum Gasteiger partial charge on any atom is -0.490 e. The quantitative estimate of drug-likeness (QED) is 0.821. The molecule has 1 aliphatic rings. The molecule has 0 unspecified atom stereocenters. The summed E-state index contributed by atoms with van der Waals surface area (Å²) < 4.78 is 5.82. The highest BCUT2D eigenvalue weighted by Crippen LogP contribution is 2.29. The van der Waals surface area contributed by atoms with Gasteiger partial charge in [-0.1, -0.05) is 41.9 Å². The molecule has 1 aliphatic heterocycles. The number of ether oxygens (including phenoxy) is 1. The van der Waals surface area contributed by atoms with Gasteiger partial charge < -0.3 is 10.1 Å². The van der Waals surface area contributed by atoms with E-state index in [2.05, 4.69) is 10.3 Å². The van der Waals surface area contributed by atoms with Crippen LogP contribution in [-0.2, 0) is 0 Å². The van der Waals surface area contributed by atoms with Gasteiger partial charge in [0.05, 0.1) is 6.20 Å². The maximum atomic E-state index is 6.18. The van der Waals surface area contributed by atoms with E-state index in [0.29, 0.717) is 17.8 Å². The van der Waals surface area contributed by atoms with Gasteiger partial charge in [0, 0.05) is 11.6 Å². The first-order chi connectivity index (χ1) is 9.83. The van der Waals surface area contributed by atoms with Gasteiger partial charge in [-0.25, -0.2) is 4.98 Å². The lowest BCUT2D eigenvalue weighted by Crippen LogP contribution is -2.28. The highest BCUT2D eigenvalue weighted by atomic mass is 35.5. The molecule has 3 rings (SSSR count). The number of halogens is 3. The van der Waals surface area contributed by atoms with Gasteiger partial charge in [0.25, 0.3) is 0 Å². The molecule has 1 saturated heterocycles. The van der Waals surface area contributed by atoms with Crippen molar-refractivity contribution in [3.05, 3.63) is 47.7 Å². The Hall–Kier alpha value is -1.00. The van der Waals surface area contributed by atoms with Crippen molar-refractivity contribution in [2.75, 3.05) is 13.2 Å². The zero-order valence-electron chi connectivity index (χ0n) is 12.0. The van der Waals surface area contributed by atoms with E-state index in [-0.39, 0.29) is 24.8 Å². The zero-order chi connectivity index (χ0) is 13.8. The Labute approximate surface area is 148 Å². The van der Waals surface area contributed by atoms with Crippen LogP contribution in [0.25, 0.3) is 11.1 Å². The van der Waals surface area contributed by atoms with Crippen molar-refractivity contribution >= 4 is 36.4 Å². The Bertz CT molecular complexity index is 575. The van der Waals surface area contributed by atoms with Crippen molar-refractivity contribution in [2.24, 2.45) is 0 Å². The molecule has 1 aromatic heterocycles. The summed E-state index contributed by atoms with van der Waals surface area (Å²) in [6.07, 6.45) is 4.08. The fourth-order valence-electron chi connectivity index (χ4n) is 2.42. The Morgan fingerprint density at radius 2 is 2.00 bits per heavy atom. The first kappa shape index (κ1) is 19.0. The smallest absolute Gasteiger partial charge is 0.138 e. The molecule has 0 saturated carbocycles. The Morgan fingerprint density at radius 1 is 1.23 bits per heavy atom. The minimum absolute atomic E-state index is 0. The van der Waals surface area contributed by atoms with Crippen LogP contribution < -0.4 is 10.1 Å². The van der Waals surface area contributed by atoms with Crippen LogP contribution in [0.1, 0.15) is 12.8 Å². The lowest BCUT2D eigenvalue weighted by atomic mass is 10.1. The molecule has 22 heavy (non-hydrogen) atoms. The van der Waals surface area contributed by atoms with Crippen LogP contribution in [0, 0.1) is 0 Å². The lowest BCUT2D eigenvalue weighted by Gasteiger charge is -2.13. The van der Waals surface area contributed by atoms with Gasteiger partial charge in [0.2, 0.25) is 0 Å². The molecule has 2 aromatic rings. The molecule has 0 bridgehead atoms. The van der Waals surface area contributed by atoms with Gasteiger partial charge in [0.15, 0.2) is 0 Å². The van der Waals surface area contributed by atoms with Gasteiger partial charge in [-0.05, 0) is 31.0 Å². The summed E-state index contributed by atoms with van der Waals surface area (Å²) in [5.41, 5.74) is 1.96. The van der Waals surface area contributed by atoms with E-state index in [1.54, 1.807) is 6.20 Å². The molecule has 120 valence electrons. The van der Waals surface area contributed by atoms with Crippen molar-refractivity contribution in [1.29, 1.82) is 0 Å². The van der Waals surface area contributed by atoms with E-state index in [4.69, 9.17) is 16.3 Å². The zero-order valence-corrected chi connectivity index (χ0v) is 14.4. The standard InChI is InChI=1S/C16H17ClN2O.2ClH/c17-16-15(12-5-2-1-3-6-12)9-14(10-19-16)20-11-13-7-4-8-18-13;;/h1-3,5-6,9-10,13,18H,4,7-8,11H2;2*1H/t13-;;/m0../s1. The third kappa shape index (κ3) is 4.75. The van der Waals surface area contributed by atoms with Gasteiger partial charge in [-0.15, -0.1) is 24.8 Å². The highest BCUT2D eigenvalue weighted by Gasteiger charge is 2.15. The molecule has 6 heteroatoms. The largest absolute Gasteiger partial charge is 0.490 e. The van der Waals surface area contributed by atoms with Crippen molar-refractivity contribution < 1.29 is 4.74 Å². The van der Waals surface area contributed by atoms with E-state index in [1.807, 2.05) is 36.4 Å². The molecule has 0 spiro atoms. The number of aromatic nitrogens is 1. The van der Waals surface area contributed by atoms with Crippen LogP contribution >= 0.6 is 36.4 Å². The first-order valence-electron chi connectivity index (χ1n) is 6.90. The Balaban J connectivity index is 0.00000121. The summed E-state index contributed by atoms with van der Waals surface area (Å²) in [4.78, 5) is 4.22. The summed E-state index contributed by atoms with van der Waals surface area (Å²) >= 11 is 6.18. The predicted octanol–water partition coefficient (Wildman–Crippen LogP) is 4.38. The van der Waals surface area contributed by atoms with Crippen LogP contribution in [0.3, 0.4) is 0 Å². The fraction of sp³-hybridized carbons (Fsp3) is 0.312. The minimum atomic E-state index is 0. The third-order valence-corrected chi connectivity index (χ3v) is 3.81. The number of nitrogens with one attached hydrogen (secondary N) is 1. The third-order valence-electron chi connectivity index (χ3n) is 3.51. The fourth-order valence-corrected chi connectivity index (χ4v) is 2.64. The highest BCUT2D eigenvalue weighted by molar-refractivity contribution is 6.32. The lowest BCUT2D eigenvalue weighted by molar-refractivity contribution is 0.276. The molecule has 1 N–H and O–H groups in total. The van der Waals surface area contributed by atoms with E-state index >= 15 is 0 Å². The number of hydrogen-bond donors (Lipinski definition) is 1. The van der Waals surface area contributed by atoms with Crippen LogP contribution in [-0.4, -0.2) is 24.2 Å². The molecule has 1 aromatic carbocycles. The maximum absolute atomic E-state index is 6.18. The summed E-state index contributed by atoms with van der Waals surface area (Å²) in [6.45, 7) is 1.76. The van der Waals surface area contributed by atoms with Crippen LogP contribution in [0.15, 0.2) is 42.6 Å². The van der Waals surface area contributed by atoms with Gasteiger partial charge in [-0.3, -0.25) is 0 Å². The SMILES string of the molecule is Cl.Cl.Clc1ncc(OC[C@@H]2CCCN2)cc1-c1ccccc1. The van der Waals surface area contributed by atoms with Crippen LogP contribution in [0.2, 0.25) is 5.15 Å². The van der Waals surface area contributed by atoms with Crippen molar-refractivity contribution in [3.8, 4) is 16.9 Å². The van der Waals surface area contributed by atoms with Crippen molar-refractivity contribution in [1.82, 2.24) is 10.3 Å². The van der Waals surface area contributed by atoms with E-state index in [0.717, 1.165) is 23.4 Å². The van der Waals surface area contributed by atoms with E-state index < -0.39 is 0 Å². The molecule has 0 amide bonds. The Morgan fingerprint density at radius 3 is 2.68 bits per heavy atom. The first-order valence-corrected chi connectivity index (χ1v) is 7.28. The summed E-state index contributed by atoms with van der Waals surface area (Å²) in [7, 11) is 0. The second kappa shape index (κ2) is 9.21. The van der Waals surface area contributed by atoms with Crippen molar-refractivity contribution in [3.63, 3.8) is 0 Å². The average molecular weight is 362 g/mol. The topological polar surface area (TPSA) is 34.1 Å². The van der Waals surface area contributed by atoms with Gasteiger partial charge in [-0.2, -0.15) is 0 Å². The molecular weight excluding hydrogens is 343 g/mol.